The molecule has 2 aromatic rings. The van der Waals surface area contributed by atoms with E-state index in [-0.39, 0.29) is 6.04 Å². The summed E-state index contributed by atoms with van der Waals surface area (Å²) in [5.41, 5.74) is 7.28. The Balaban J connectivity index is 1.77. The quantitative estimate of drug-likeness (QED) is 0.680. The molecule has 1 atom stereocenters. The first-order chi connectivity index (χ1) is 11.2. The fraction of sp³-hybridized carbons (Fsp3) is 0.375. The summed E-state index contributed by atoms with van der Waals surface area (Å²) in [6.07, 6.45) is 3.72. The minimum absolute atomic E-state index is 0.0139. The lowest BCUT2D eigenvalue weighted by molar-refractivity contribution is 0.451. The molecular weight excluding hydrogens is 330 g/mol. The maximum absolute atomic E-state index is 6.17. The van der Waals surface area contributed by atoms with Gasteiger partial charge in [0.2, 0.25) is 0 Å². The molecule has 7 heteroatoms. The summed E-state index contributed by atoms with van der Waals surface area (Å²) in [5, 5.41) is 5.09. The number of halogens is 1. The Kier molecular flexibility index (Phi) is 5.46. The van der Waals surface area contributed by atoms with Crippen molar-refractivity contribution in [2.75, 3.05) is 31.1 Å². The van der Waals surface area contributed by atoms with Gasteiger partial charge in [0.05, 0.1) is 12.6 Å². The molecule has 0 spiro atoms. The number of guanidine groups is 1. The highest BCUT2D eigenvalue weighted by Crippen LogP contribution is 2.20. The second-order valence-corrected chi connectivity index (χ2v) is 7.01. The van der Waals surface area contributed by atoms with Crippen molar-refractivity contribution >= 4 is 29.3 Å². The Labute approximate surface area is 145 Å². The van der Waals surface area contributed by atoms with Crippen LogP contribution in [0, 0.1) is 0 Å². The van der Waals surface area contributed by atoms with Crippen molar-refractivity contribution in [1.82, 2.24) is 14.7 Å². The van der Waals surface area contributed by atoms with E-state index in [0.717, 1.165) is 35.2 Å². The highest BCUT2D eigenvalue weighted by molar-refractivity contribution is 7.99. The average Bonchev–Trinajstić information content (AvgIpc) is 3.11. The van der Waals surface area contributed by atoms with Crippen LogP contribution in [0.1, 0.15) is 11.6 Å². The second kappa shape index (κ2) is 7.75. The lowest BCUT2D eigenvalue weighted by atomic mass is 10.1. The Morgan fingerprint density at radius 2 is 2.04 bits per heavy atom. The number of thioether (sulfide) groups is 1. The molecule has 0 radical (unpaired) electrons. The van der Waals surface area contributed by atoms with E-state index in [9.17, 15) is 0 Å². The maximum Gasteiger partial charge on any atom is 0.191 e. The van der Waals surface area contributed by atoms with Gasteiger partial charge in [0.15, 0.2) is 5.96 Å². The molecule has 3 rings (SSSR count). The molecule has 1 saturated heterocycles. The van der Waals surface area contributed by atoms with E-state index in [4.69, 9.17) is 17.3 Å². The monoisotopic (exact) mass is 349 g/mol. The SMILES string of the molecule is NC(=NCC(c1ccc(Cl)cc1)n1cccn1)N1CCSCC1. The van der Waals surface area contributed by atoms with Gasteiger partial charge in [0.25, 0.3) is 0 Å². The number of benzene rings is 1. The standard InChI is InChI=1S/C16H20ClN5S/c17-14-4-2-13(3-5-14)15(22-7-1-6-20-22)12-19-16(18)21-8-10-23-11-9-21/h1-7,15H,8-12H2,(H2,18,19). The number of rotatable bonds is 4. The lowest BCUT2D eigenvalue weighted by Gasteiger charge is -2.27. The van der Waals surface area contributed by atoms with E-state index in [1.165, 1.54) is 0 Å². The lowest BCUT2D eigenvalue weighted by Crippen LogP contribution is -2.43. The molecule has 1 aliphatic heterocycles. The van der Waals surface area contributed by atoms with Gasteiger partial charge in [0.1, 0.15) is 0 Å². The molecule has 23 heavy (non-hydrogen) atoms. The van der Waals surface area contributed by atoms with Gasteiger partial charge in [-0.25, -0.2) is 0 Å². The van der Waals surface area contributed by atoms with Gasteiger partial charge in [-0.2, -0.15) is 16.9 Å². The Morgan fingerprint density at radius 1 is 1.30 bits per heavy atom. The average molecular weight is 350 g/mol. The zero-order valence-electron chi connectivity index (χ0n) is 12.8. The molecular formula is C16H20ClN5S. The van der Waals surface area contributed by atoms with E-state index >= 15 is 0 Å². The smallest absolute Gasteiger partial charge is 0.191 e. The molecule has 0 amide bonds. The van der Waals surface area contributed by atoms with Gasteiger partial charge in [-0.1, -0.05) is 23.7 Å². The van der Waals surface area contributed by atoms with E-state index in [2.05, 4.69) is 15.0 Å². The van der Waals surface area contributed by atoms with Crippen molar-refractivity contribution in [2.45, 2.75) is 6.04 Å². The minimum Gasteiger partial charge on any atom is -0.370 e. The van der Waals surface area contributed by atoms with Gasteiger partial charge in [0, 0.05) is 42.0 Å². The summed E-state index contributed by atoms with van der Waals surface area (Å²) in [5.74, 6) is 2.84. The van der Waals surface area contributed by atoms with Crippen LogP contribution in [0.4, 0.5) is 0 Å². The topological polar surface area (TPSA) is 59.4 Å². The third-order valence-electron chi connectivity index (χ3n) is 3.86. The highest BCUT2D eigenvalue weighted by Gasteiger charge is 2.16. The summed E-state index contributed by atoms with van der Waals surface area (Å²) >= 11 is 7.95. The fourth-order valence-electron chi connectivity index (χ4n) is 2.56. The predicted octanol–water partition coefficient (Wildman–Crippen LogP) is 2.49. The molecule has 1 unspecified atom stereocenters. The summed E-state index contributed by atoms with van der Waals surface area (Å²) < 4.78 is 1.91. The molecule has 122 valence electrons. The van der Waals surface area contributed by atoms with Gasteiger partial charge < -0.3 is 10.6 Å². The Bertz CT molecular complexity index is 635. The third-order valence-corrected chi connectivity index (χ3v) is 5.05. The van der Waals surface area contributed by atoms with Crippen LogP contribution in [0.25, 0.3) is 0 Å². The van der Waals surface area contributed by atoms with Gasteiger partial charge in [-0.3, -0.25) is 9.67 Å². The van der Waals surface area contributed by atoms with E-state index < -0.39 is 0 Å². The number of aromatic nitrogens is 2. The van der Waals surface area contributed by atoms with Crippen LogP contribution >= 0.6 is 23.4 Å². The maximum atomic E-state index is 6.17. The number of nitrogens with zero attached hydrogens (tertiary/aromatic N) is 4. The first-order valence-corrected chi connectivity index (χ1v) is 9.14. The molecule has 0 aliphatic carbocycles. The minimum atomic E-state index is 0.0139. The molecule has 1 fully saturated rings. The van der Waals surface area contributed by atoms with E-state index in [1.54, 1.807) is 6.20 Å². The van der Waals surface area contributed by atoms with Crippen LogP contribution in [-0.4, -0.2) is 51.8 Å². The number of aliphatic imine (C=N–C) groups is 1. The van der Waals surface area contributed by atoms with Crippen molar-refractivity contribution in [3.63, 3.8) is 0 Å². The molecule has 2 heterocycles. The first kappa shape index (κ1) is 16.2. The molecule has 1 aromatic heterocycles. The van der Waals surface area contributed by atoms with Crippen molar-refractivity contribution in [3.8, 4) is 0 Å². The molecule has 5 nitrogen and oxygen atoms in total. The third kappa shape index (κ3) is 4.20. The number of nitrogens with two attached hydrogens (primary N) is 1. The number of hydrogen-bond donors (Lipinski definition) is 1. The van der Waals surface area contributed by atoms with Crippen LogP contribution in [0.15, 0.2) is 47.7 Å². The van der Waals surface area contributed by atoms with Crippen molar-refractivity contribution in [2.24, 2.45) is 10.7 Å². The summed E-state index contributed by atoms with van der Waals surface area (Å²) in [6.45, 7) is 2.49. The van der Waals surface area contributed by atoms with Gasteiger partial charge in [-0.15, -0.1) is 0 Å². The first-order valence-electron chi connectivity index (χ1n) is 7.61. The van der Waals surface area contributed by atoms with E-state index in [0.29, 0.717) is 12.5 Å². The molecule has 0 bridgehead atoms. The zero-order valence-corrected chi connectivity index (χ0v) is 14.4. The van der Waals surface area contributed by atoms with Crippen molar-refractivity contribution < 1.29 is 0 Å². The highest BCUT2D eigenvalue weighted by atomic mass is 35.5. The Hall–Kier alpha value is -1.66. The number of hydrogen-bond acceptors (Lipinski definition) is 3. The van der Waals surface area contributed by atoms with Crippen LogP contribution in [-0.2, 0) is 0 Å². The van der Waals surface area contributed by atoms with Crippen molar-refractivity contribution in [3.05, 3.63) is 53.3 Å². The summed E-state index contributed by atoms with van der Waals surface area (Å²) in [4.78, 5) is 6.77. The van der Waals surface area contributed by atoms with Gasteiger partial charge >= 0.3 is 0 Å². The molecule has 1 aliphatic rings. The molecule has 1 aromatic carbocycles. The molecule has 2 N–H and O–H groups in total. The van der Waals surface area contributed by atoms with Crippen LogP contribution in [0.3, 0.4) is 0 Å². The zero-order chi connectivity index (χ0) is 16.1. The fourth-order valence-corrected chi connectivity index (χ4v) is 3.59. The van der Waals surface area contributed by atoms with E-state index in [1.807, 2.05) is 53.0 Å². The van der Waals surface area contributed by atoms with Crippen molar-refractivity contribution in [1.29, 1.82) is 0 Å². The second-order valence-electron chi connectivity index (χ2n) is 5.35. The largest absolute Gasteiger partial charge is 0.370 e. The normalized spacial score (nSPS) is 17.3. The Morgan fingerprint density at radius 3 is 2.70 bits per heavy atom. The van der Waals surface area contributed by atoms with Gasteiger partial charge in [-0.05, 0) is 23.8 Å². The van der Waals surface area contributed by atoms with Crippen LogP contribution < -0.4 is 5.73 Å². The van der Waals surface area contributed by atoms with Crippen LogP contribution in [0.2, 0.25) is 5.02 Å². The van der Waals surface area contributed by atoms with Crippen LogP contribution in [0.5, 0.6) is 0 Å². The summed E-state index contributed by atoms with van der Waals surface area (Å²) in [7, 11) is 0. The predicted molar refractivity (Wildman–Crippen MR) is 97.2 cm³/mol. The molecule has 0 saturated carbocycles. The summed E-state index contributed by atoms with van der Waals surface area (Å²) in [6, 6.07) is 9.73.